The highest BCUT2D eigenvalue weighted by molar-refractivity contribution is 5.08. The lowest BCUT2D eigenvalue weighted by Gasteiger charge is -2.08. The minimum atomic E-state index is -4.47. The molecule has 0 aromatic carbocycles. The lowest BCUT2D eigenvalue weighted by Crippen LogP contribution is -2.11. The molecule has 12 heavy (non-hydrogen) atoms. The van der Waals surface area contributed by atoms with Gasteiger partial charge in [-0.25, -0.2) is 8.78 Å². The van der Waals surface area contributed by atoms with Crippen molar-refractivity contribution < 1.29 is 22.0 Å². The van der Waals surface area contributed by atoms with Gasteiger partial charge in [0.1, 0.15) is 0 Å². The third kappa shape index (κ3) is 4.31. The quantitative estimate of drug-likeness (QED) is 0.469. The highest BCUT2D eigenvalue weighted by Crippen LogP contribution is 2.28. The second-order valence-electron chi connectivity index (χ2n) is 2.21. The third-order valence-corrected chi connectivity index (χ3v) is 1.29. The molecule has 0 radical (unpaired) electrons. The summed E-state index contributed by atoms with van der Waals surface area (Å²) in [5, 5.41) is 0. The van der Waals surface area contributed by atoms with E-state index in [1.807, 2.05) is 0 Å². The number of halogens is 5. The fourth-order valence-corrected chi connectivity index (χ4v) is 0.692. The predicted octanol–water partition coefficient (Wildman–Crippen LogP) is 3.54. The van der Waals surface area contributed by atoms with Crippen LogP contribution in [0.4, 0.5) is 22.0 Å². The van der Waals surface area contributed by atoms with E-state index in [-0.39, 0.29) is 6.42 Å². The van der Waals surface area contributed by atoms with Gasteiger partial charge in [0.05, 0.1) is 0 Å². The standard InChI is InChI=1S/C7H9F5/c1-2-5(7(10,11)12)3-4-6(8)9/h3,6H,2,4H2,1H3. The van der Waals surface area contributed by atoms with Gasteiger partial charge in [0.2, 0.25) is 6.43 Å². The van der Waals surface area contributed by atoms with Crippen LogP contribution in [0.1, 0.15) is 19.8 Å². The minimum absolute atomic E-state index is 0.268. The van der Waals surface area contributed by atoms with Gasteiger partial charge in [0.25, 0.3) is 0 Å². The molecule has 0 saturated carbocycles. The van der Waals surface area contributed by atoms with Crippen molar-refractivity contribution in [3.05, 3.63) is 11.6 Å². The van der Waals surface area contributed by atoms with E-state index in [9.17, 15) is 22.0 Å². The van der Waals surface area contributed by atoms with Gasteiger partial charge in [0.15, 0.2) is 0 Å². The van der Waals surface area contributed by atoms with Crippen LogP contribution in [-0.2, 0) is 0 Å². The Morgan fingerprint density at radius 3 is 2.08 bits per heavy atom. The Hall–Kier alpha value is -0.610. The van der Waals surface area contributed by atoms with E-state index in [0.29, 0.717) is 6.08 Å². The molecular formula is C7H9F5. The van der Waals surface area contributed by atoms with Crippen molar-refractivity contribution >= 4 is 0 Å². The molecule has 0 atom stereocenters. The Balaban J connectivity index is 4.24. The summed E-state index contributed by atoms with van der Waals surface area (Å²) in [4.78, 5) is 0. The number of allylic oxidation sites excluding steroid dienone is 2. The largest absolute Gasteiger partial charge is 0.412 e. The topological polar surface area (TPSA) is 0 Å². The summed E-state index contributed by atoms with van der Waals surface area (Å²) < 4.78 is 58.6. The van der Waals surface area contributed by atoms with Crippen molar-refractivity contribution in [1.82, 2.24) is 0 Å². The number of hydrogen-bond acceptors (Lipinski definition) is 0. The molecule has 0 aliphatic heterocycles. The number of hydrogen-bond donors (Lipinski definition) is 0. The van der Waals surface area contributed by atoms with Crippen molar-refractivity contribution in [3.63, 3.8) is 0 Å². The Kier molecular flexibility index (Phi) is 4.20. The van der Waals surface area contributed by atoms with Crippen molar-refractivity contribution in [2.45, 2.75) is 32.4 Å². The maximum Gasteiger partial charge on any atom is 0.412 e. The van der Waals surface area contributed by atoms with Gasteiger partial charge in [-0.15, -0.1) is 0 Å². The van der Waals surface area contributed by atoms with Crippen LogP contribution in [0.15, 0.2) is 11.6 Å². The lowest BCUT2D eigenvalue weighted by molar-refractivity contribution is -0.0939. The Morgan fingerprint density at radius 1 is 1.33 bits per heavy atom. The summed E-state index contributed by atoms with van der Waals surface area (Å²) in [6.45, 7) is 1.28. The molecular weight excluding hydrogens is 179 g/mol. The first-order valence-corrected chi connectivity index (χ1v) is 3.42. The summed E-state index contributed by atoms with van der Waals surface area (Å²) in [7, 11) is 0. The molecule has 0 amide bonds. The van der Waals surface area contributed by atoms with E-state index in [2.05, 4.69) is 0 Å². The average molecular weight is 188 g/mol. The zero-order chi connectivity index (χ0) is 9.78. The van der Waals surface area contributed by atoms with Crippen molar-refractivity contribution in [2.24, 2.45) is 0 Å². The monoisotopic (exact) mass is 188 g/mol. The van der Waals surface area contributed by atoms with Crippen molar-refractivity contribution in [2.75, 3.05) is 0 Å². The molecule has 0 aliphatic rings. The zero-order valence-electron chi connectivity index (χ0n) is 6.46. The van der Waals surface area contributed by atoms with Gasteiger partial charge >= 0.3 is 6.18 Å². The molecule has 0 aromatic heterocycles. The normalized spacial score (nSPS) is 14.1. The molecule has 72 valence electrons. The van der Waals surface area contributed by atoms with Gasteiger partial charge in [-0.3, -0.25) is 0 Å². The van der Waals surface area contributed by atoms with E-state index in [0.717, 1.165) is 0 Å². The molecule has 0 aromatic rings. The smallest absolute Gasteiger partial charge is 0.210 e. The fourth-order valence-electron chi connectivity index (χ4n) is 0.692. The van der Waals surface area contributed by atoms with Crippen molar-refractivity contribution in [1.29, 1.82) is 0 Å². The van der Waals surface area contributed by atoms with Crippen LogP contribution in [0, 0.1) is 0 Å². The molecule has 0 nitrogen and oxygen atoms in total. The molecule has 0 heterocycles. The molecule has 0 aliphatic carbocycles. The molecule has 0 spiro atoms. The first kappa shape index (κ1) is 11.4. The lowest BCUT2D eigenvalue weighted by atomic mass is 10.1. The SMILES string of the molecule is CCC(=CCC(F)F)C(F)(F)F. The van der Waals surface area contributed by atoms with Crippen LogP contribution in [-0.4, -0.2) is 12.6 Å². The summed E-state index contributed by atoms with van der Waals surface area (Å²) in [5.74, 6) is 0. The summed E-state index contributed by atoms with van der Waals surface area (Å²) in [5.41, 5.74) is -0.886. The van der Waals surface area contributed by atoms with Gasteiger partial charge < -0.3 is 0 Å². The Bertz CT molecular complexity index is 156. The summed E-state index contributed by atoms with van der Waals surface area (Å²) in [6, 6.07) is 0. The van der Waals surface area contributed by atoms with Crippen molar-refractivity contribution in [3.8, 4) is 0 Å². The third-order valence-electron chi connectivity index (χ3n) is 1.29. The van der Waals surface area contributed by atoms with Crippen LogP contribution in [0.3, 0.4) is 0 Å². The molecule has 0 fully saturated rings. The van der Waals surface area contributed by atoms with Crippen LogP contribution >= 0.6 is 0 Å². The average Bonchev–Trinajstić information content (AvgIpc) is 1.85. The van der Waals surface area contributed by atoms with E-state index >= 15 is 0 Å². The minimum Gasteiger partial charge on any atom is -0.210 e. The van der Waals surface area contributed by atoms with Crippen LogP contribution in [0.25, 0.3) is 0 Å². The summed E-state index contributed by atoms with van der Waals surface area (Å²) >= 11 is 0. The number of alkyl halides is 5. The second kappa shape index (κ2) is 4.42. The summed E-state index contributed by atoms with van der Waals surface area (Å²) in [6.07, 6.45) is -7.73. The van der Waals surface area contributed by atoms with Gasteiger partial charge in [-0.1, -0.05) is 13.0 Å². The van der Waals surface area contributed by atoms with Crippen LogP contribution < -0.4 is 0 Å². The maximum atomic E-state index is 11.9. The van der Waals surface area contributed by atoms with E-state index < -0.39 is 24.6 Å². The van der Waals surface area contributed by atoms with E-state index in [1.54, 1.807) is 0 Å². The number of rotatable bonds is 3. The predicted molar refractivity (Wildman–Crippen MR) is 35.0 cm³/mol. The zero-order valence-corrected chi connectivity index (χ0v) is 6.46. The Morgan fingerprint density at radius 2 is 1.83 bits per heavy atom. The van der Waals surface area contributed by atoms with Gasteiger partial charge in [-0.2, -0.15) is 13.2 Å². The highest BCUT2D eigenvalue weighted by Gasteiger charge is 2.31. The van der Waals surface area contributed by atoms with Crippen LogP contribution in [0.5, 0.6) is 0 Å². The second-order valence-corrected chi connectivity index (χ2v) is 2.21. The molecule has 0 N–H and O–H groups in total. The molecule has 0 rings (SSSR count). The first-order valence-electron chi connectivity index (χ1n) is 3.42. The maximum absolute atomic E-state index is 11.9. The van der Waals surface area contributed by atoms with E-state index in [4.69, 9.17) is 0 Å². The molecule has 0 unspecified atom stereocenters. The Labute approximate surface area is 67.1 Å². The van der Waals surface area contributed by atoms with Crippen LogP contribution in [0.2, 0.25) is 0 Å². The molecule has 5 heteroatoms. The van der Waals surface area contributed by atoms with Gasteiger partial charge in [-0.05, 0) is 6.42 Å². The molecule has 0 saturated heterocycles. The van der Waals surface area contributed by atoms with Gasteiger partial charge in [0, 0.05) is 12.0 Å². The highest BCUT2D eigenvalue weighted by atomic mass is 19.4. The molecule has 0 bridgehead atoms. The fraction of sp³-hybridized carbons (Fsp3) is 0.714. The first-order chi connectivity index (χ1) is 5.38. The van der Waals surface area contributed by atoms with E-state index in [1.165, 1.54) is 6.92 Å².